The van der Waals surface area contributed by atoms with Crippen LogP contribution in [0.4, 0.5) is 0 Å². The molecular weight excluding hydrogens is 356 g/mol. The molecule has 164 valence electrons. The Balaban J connectivity index is 5.90. The van der Waals surface area contributed by atoms with E-state index in [0.717, 1.165) is 0 Å². The predicted molar refractivity (Wildman–Crippen MR) is 112 cm³/mol. The summed E-state index contributed by atoms with van der Waals surface area (Å²) in [6, 6.07) is 0. The number of ether oxygens (including phenoxy) is 2. The molecule has 5 heteroatoms. The number of ketones is 1. The summed E-state index contributed by atoms with van der Waals surface area (Å²) in [4.78, 5) is 38.7. The zero-order chi connectivity index (χ0) is 22.7. The van der Waals surface area contributed by atoms with E-state index in [1.54, 1.807) is 41.5 Å². The van der Waals surface area contributed by atoms with Gasteiger partial charge in [0, 0.05) is 11.3 Å². The van der Waals surface area contributed by atoms with Crippen molar-refractivity contribution >= 4 is 17.7 Å². The summed E-state index contributed by atoms with van der Waals surface area (Å²) in [7, 11) is 0. The van der Waals surface area contributed by atoms with Crippen LogP contribution < -0.4 is 0 Å². The van der Waals surface area contributed by atoms with Gasteiger partial charge in [-0.25, -0.2) is 0 Å². The maximum atomic E-state index is 13.1. The molecule has 0 saturated heterocycles. The van der Waals surface area contributed by atoms with Gasteiger partial charge in [-0.1, -0.05) is 41.5 Å². The highest BCUT2D eigenvalue weighted by Gasteiger charge is 2.41. The molecule has 0 aromatic heterocycles. The number of carbonyl (C=O) groups is 3. The van der Waals surface area contributed by atoms with Crippen LogP contribution in [0.25, 0.3) is 0 Å². The molecule has 1 atom stereocenters. The molecule has 0 unspecified atom stereocenters. The Morgan fingerprint density at radius 3 is 1.29 bits per heavy atom. The van der Waals surface area contributed by atoms with Gasteiger partial charge in [-0.15, -0.1) is 0 Å². The minimum Gasteiger partial charge on any atom is -0.459 e. The summed E-state index contributed by atoms with van der Waals surface area (Å²) in [5.74, 6) is -2.80. The lowest BCUT2D eigenvalue weighted by molar-refractivity contribution is -0.175. The van der Waals surface area contributed by atoms with E-state index in [2.05, 4.69) is 0 Å². The van der Waals surface area contributed by atoms with Crippen LogP contribution in [0.2, 0.25) is 0 Å². The van der Waals surface area contributed by atoms with Crippen LogP contribution in [0.5, 0.6) is 0 Å². The highest BCUT2D eigenvalue weighted by molar-refractivity contribution is 5.96. The second kappa shape index (κ2) is 8.96. The van der Waals surface area contributed by atoms with Gasteiger partial charge in [0.1, 0.15) is 17.0 Å². The topological polar surface area (TPSA) is 69.7 Å². The molecule has 0 rings (SSSR count). The summed E-state index contributed by atoms with van der Waals surface area (Å²) in [5.41, 5.74) is -2.16. The van der Waals surface area contributed by atoms with Crippen molar-refractivity contribution in [2.45, 2.75) is 107 Å². The minimum atomic E-state index is -1.13. The number of carbonyl (C=O) groups excluding carboxylic acids is 3. The van der Waals surface area contributed by atoms with E-state index < -0.39 is 40.4 Å². The van der Waals surface area contributed by atoms with Crippen LogP contribution in [0, 0.1) is 22.7 Å². The van der Waals surface area contributed by atoms with Crippen molar-refractivity contribution < 1.29 is 23.9 Å². The van der Waals surface area contributed by atoms with Gasteiger partial charge in [-0.05, 0) is 59.8 Å². The Kier molecular flexibility index (Phi) is 8.51. The van der Waals surface area contributed by atoms with Crippen LogP contribution in [0.1, 0.15) is 95.9 Å². The molecule has 5 nitrogen and oxygen atoms in total. The van der Waals surface area contributed by atoms with Crippen LogP contribution in [-0.2, 0) is 23.9 Å². The van der Waals surface area contributed by atoms with E-state index in [-0.39, 0.29) is 17.6 Å². The molecule has 0 bridgehead atoms. The van der Waals surface area contributed by atoms with Crippen molar-refractivity contribution in [3.63, 3.8) is 0 Å². The van der Waals surface area contributed by atoms with E-state index in [9.17, 15) is 14.4 Å². The van der Waals surface area contributed by atoms with Gasteiger partial charge in [0.25, 0.3) is 0 Å². The summed E-state index contributed by atoms with van der Waals surface area (Å²) < 4.78 is 11.0. The van der Waals surface area contributed by atoms with Gasteiger partial charge < -0.3 is 9.47 Å². The van der Waals surface area contributed by atoms with Crippen LogP contribution >= 0.6 is 0 Å². The van der Waals surface area contributed by atoms with E-state index in [1.807, 2.05) is 41.5 Å². The fourth-order valence-electron chi connectivity index (χ4n) is 2.95. The third kappa shape index (κ3) is 10.8. The first-order valence-electron chi connectivity index (χ1n) is 10.1. The van der Waals surface area contributed by atoms with Gasteiger partial charge >= 0.3 is 11.9 Å². The Morgan fingerprint density at radius 2 is 1.04 bits per heavy atom. The van der Waals surface area contributed by atoms with Gasteiger partial charge in [0.15, 0.2) is 5.92 Å². The zero-order valence-corrected chi connectivity index (χ0v) is 20.1. The van der Waals surface area contributed by atoms with Gasteiger partial charge in [0.05, 0.1) is 0 Å². The van der Waals surface area contributed by atoms with Crippen molar-refractivity contribution in [3.05, 3.63) is 0 Å². The maximum Gasteiger partial charge on any atom is 0.320 e. The molecule has 0 spiro atoms. The average molecular weight is 399 g/mol. The molecule has 0 radical (unpaired) electrons. The first kappa shape index (κ1) is 26.6. The number of hydrogen-bond donors (Lipinski definition) is 0. The summed E-state index contributed by atoms with van der Waals surface area (Å²) in [6.45, 7) is 22.3. The highest BCUT2D eigenvalue weighted by Crippen LogP contribution is 2.35. The molecule has 0 saturated carbocycles. The average Bonchev–Trinajstić information content (AvgIpc) is 2.35. The fraction of sp³-hybridized carbons (Fsp3) is 0.870. The lowest BCUT2D eigenvalue weighted by atomic mass is 9.72. The highest BCUT2D eigenvalue weighted by atomic mass is 16.6. The molecule has 0 heterocycles. The van der Waals surface area contributed by atoms with Crippen molar-refractivity contribution in [1.29, 1.82) is 0 Å². The molecule has 0 N–H and O–H groups in total. The monoisotopic (exact) mass is 398 g/mol. The van der Waals surface area contributed by atoms with Crippen LogP contribution in [0.15, 0.2) is 0 Å². The SMILES string of the molecule is CC(C)(C)C[C@@H](CC(C(=O)OC(C)(C)C)C(=O)OC(C)(C)C)C(=O)C(C)(C)C. The van der Waals surface area contributed by atoms with Crippen molar-refractivity contribution in [3.8, 4) is 0 Å². The number of esters is 2. The maximum absolute atomic E-state index is 13.1. The molecule has 0 aromatic rings. The lowest BCUT2D eigenvalue weighted by Gasteiger charge is -2.32. The first-order chi connectivity index (χ1) is 12.1. The van der Waals surface area contributed by atoms with Crippen molar-refractivity contribution in [2.75, 3.05) is 0 Å². The Bertz CT molecular complexity index is 534. The van der Waals surface area contributed by atoms with Gasteiger partial charge in [0.2, 0.25) is 0 Å². The molecule has 0 aliphatic heterocycles. The zero-order valence-electron chi connectivity index (χ0n) is 20.1. The number of hydrogen-bond acceptors (Lipinski definition) is 5. The van der Waals surface area contributed by atoms with E-state index in [0.29, 0.717) is 6.42 Å². The second-order valence-electron chi connectivity index (χ2n) is 11.9. The van der Waals surface area contributed by atoms with Crippen molar-refractivity contribution in [2.24, 2.45) is 22.7 Å². The third-order valence-corrected chi connectivity index (χ3v) is 3.87. The largest absolute Gasteiger partial charge is 0.459 e. The molecule has 0 aliphatic rings. The normalized spacial score (nSPS) is 14.6. The fourth-order valence-corrected chi connectivity index (χ4v) is 2.95. The molecular formula is C23H42O5. The van der Waals surface area contributed by atoms with Gasteiger partial charge in [-0.2, -0.15) is 0 Å². The quantitative estimate of drug-likeness (QED) is 0.446. The standard InChI is InChI=1S/C23H42O5/c1-20(2,3)14-15(17(24)21(4,5)6)13-16(18(25)27-22(7,8)9)19(26)28-23(10,11)12/h15-16H,13-14H2,1-12H3/t15-/m1/s1. The summed E-state index contributed by atoms with van der Waals surface area (Å²) in [6.07, 6.45) is 0.669. The van der Waals surface area contributed by atoms with Crippen LogP contribution in [-0.4, -0.2) is 28.9 Å². The number of rotatable bonds is 6. The first-order valence-corrected chi connectivity index (χ1v) is 10.1. The smallest absolute Gasteiger partial charge is 0.320 e. The summed E-state index contributed by atoms with van der Waals surface area (Å²) >= 11 is 0. The number of Topliss-reactive ketones (excluding diaryl/α,β-unsaturated/α-hetero) is 1. The molecule has 0 amide bonds. The lowest BCUT2D eigenvalue weighted by Crippen LogP contribution is -2.40. The minimum absolute atomic E-state index is 0.0412. The van der Waals surface area contributed by atoms with Crippen molar-refractivity contribution in [1.82, 2.24) is 0 Å². The Labute approximate surface area is 171 Å². The second-order valence-corrected chi connectivity index (χ2v) is 11.9. The molecule has 0 aromatic carbocycles. The van der Waals surface area contributed by atoms with E-state index >= 15 is 0 Å². The third-order valence-electron chi connectivity index (χ3n) is 3.87. The Hall–Kier alpha value is -1.39. The van der Waals surface area contributed by atoms with Gasteiger partial charge in [-0.3, -0.25) is 14.4 Å². The van der Waals surface area contributed by atoms with E-state index in [4.69, 9.17) is 9.47 Å². The summed E-state index contributed by atoms with van der Waals surface area (Å²) in [5, 5.41) is 0. The Morgan fingerprint density at radius 1 is 0.679 bits per heavy atom. The molecule has 0 fully saturated rings. The van der Waals surface area contributed by atoms with Crippen LogP contribution in [0.3, 0.4) is 0 Å². The molecule has 28 heavy (non-hydrogen) atoms. The van der Waals surface area contributed by atoms with E-state index in [1.165, 1.54) is 0 Å². The molecule has 0 aliphatic carbocycles. The predicted octanol–water partition coefficient (Wildman–Crippen LogP) is 5.34.